The van der Waals surface area contributed by atoms with Crippen molar-refractivity contribution in [2.24, 2.45) is 0 Å². The van der Waals surface area contributed by atoms with Crippen LogP contribution in [0.15, 0.2) is 24.5 Å². The Labute approximate surface area is 121 Å². The standard InChI is InChI=1S/C15H25N3O2/c1-4-8-17-15(2,14(19)20)12-18(3)11-7-13-5-9-16-10-6-13/h5-6,9-10,17H,4,7-8,11-12H2,1-3H3,(H,19,20). The van der Waals surface area contributed by atoms with Crippen molar-refractivity contribution in [3.05, 3.63) is 30.1 Å². The second-order valence-corrected chi connectivity index (χ2v) is 5.41. The van der Waals surface area contributed by atoms with E-state index in [4.69, 9.17) is 0 Å². The maximum absolute atomic E-state index is 11.4. The number of hydrogen-bond donors (Lipinski definition) is 2. The van der Waals surface area contributed by atoms with Crippen molar-refractivity contribution >= 4 is 5.97 Å². The number of hydrogen-bond acceptors (Lipinski definition) is 4. The van der Waals surface area contributed by atoms with Gasteiger partial charge in [0, 0.05) is 25.5 Å². The monoisotopic (exact) mass is 279 g/mol. The fraction of sp³-hybridized carbons (Fsp3) is 0.600. The lowest BCUT2D eigenvalue weighted by molar-refractivity contribution is -0.144. The number of carbonyl (C=O) groups is 1. The zero-order chi connectivity index (χ0) is 15.0. The first kappa shape index (κ1) is 16.6. The Kier molecular flexibility index (Phi) is 6.61. The molecule has 1 atom stereocenters. The van der Waals surface area contributed by atoms with Crippen LogP contribution < -0.4 is 5.32 Å². The molecule has 1 unspecified atom stereocenters. The highest BCUT2D eigenvalue weighted by Crippen LogP contribution is 2.08. The zero-order valence-corrected chi connectivity index (χ0v) is 12.6. The third kappa shape index (κ3) is 5.27. The molecule has 0 saturated carbocycles. The van der Waals surface area contributed by atoms with Gasteiger partial charge in [0.05, 0.1) is 0 Å². The molecule has 1 aromatic heterocycles. The van der Waals surface area contributed by atoms with Gasteiger partial charge in [-0.1, -0.05) is 6.92 Å². The summed E-state index contributed by atoms with van der Waals surface area (Å²) < 4.78 is 0. The van der Waals surface area contributed by atoms with Crippen molar-refractivity contribution in [3.8, 4) is 0 Å². The molecule has 0 aliphatic heterocycles. The van der Waals surface area contributed by atoms with E-state index in [9.17, 15) is 9.90 Å². The van der Waals surface area contributed by atoms with Gasteiger partial charge in [0.25, 0.3) is 0 Å². The third-order valence-electron chi connectivity index (χ3n) is 3.35. The predicted molar refractivity (Wildman–Crippen MR) is 79.8 cm³/mol. The number of aliphatic carboxylic acids is 1. The lowest BCUT2D eigenvalue weighted by Gasteiger charge is -2.31. The second-order valence-electron chi connectivity index (χ2n) is 5.41. The highest BCUT2D eigenvalue weighted by molar-refractivity contribution is 5.78. The minimum atomic E-state index is -0.900. The van der Waals surface area contributed by atoms with E-state index in [2.05, 4.69) is 15.2 Å². The Hall–Kier alpha value is -1.46. The minimum absolute atomic E-state index is 0.480. The number of carboxylic acid groups (broad SMARTS) is 1. The van der Waals surface area contributed by atoms with Gasteiger partial charge in [-0.2, -0.15) is 0 Å². The van der Waals surface area contributed by atoms with Crippen LogP contribution in [-0.2, 0) is 11.2 Å². The number of nitrogens with zero attached hydrogens (tertiary/aromatic N) is 2. The van der Waals surface area contributed by atoms with Gasteiger partial charge in [0.2, 0.25) is 0 Å². The maximum Gasteiger partial charge on any atom is 0.324 e. The van der Waals surface area contributed by atoms with E-state index < -0.39 is 11.5 Å². The summed E-state index contributed by atoms with van der Waals surface area (Å²) in [5.41, 5.74) is 0.314. The molecular formula is C15H25N3O2. The molecule has 112 valence electrons. The Morgan fingerprint density at radius 1 is 1.45 bits per heavy atom. The van der Waals surface area contributed by atoms with E-state index in [0.717, 1.165) is 19.4 Å². The van der Waals surface area contributed by atoms with E-state index >= 15 is 0 Å². The first-order valence-electron chi connectivity index (χ1n) is 7.04. The van der Waals surface area contributed by atoms with Gasteiger partial charge in [-0.3, -0.25) is 9.78 Å². The van der Waals surface area contributed by atoms with Crippen LogP contribution in [0.25, 0.3) is 0 Å². The molecule has 0 aliphatic rings. The summed E-state index contributed by atoms with van der Waals surface area (Å²) in [7, 11) is 1.95. The van der Waals surface area contributed by atoms with Crippen LogP contribution in [0.2, 0.25) is 0 Å². The van der Waals surface area contributed by atoms with E-state index in [1.165, 1.54) is 5.56 Å². The van der Waals surface area contributed by atoms with Gasteiger partial charge in [-0.05, 0) is 51.1 Å². The van der Waals surface area contributed by atoms with Gasteiger partial charge in [0.15, 0.2) is 0 Å². The molecule has 0 radical (unpaired) electrons. The molecule has 5 heteroatoms. The summed E-state index contributed by atoms with van der Waals surface area (Å²) in [4.78, 5) is 17.5. The van der Waals surface area contributed by atoms with Gasteiger partial charge in [0.1, 0.15) is 5.54 Å². The SMILES string of the molecule is CCCNC(C)(CN(C)CCc1ccncc1)C(=O)O. The molecule has 0 spiro atoms. The van der Waals surface area contributed by atoms with Crippen LogP contribution in [0.1, 0.15) is 25.8 Å². The molecule has 2 N–H and O–H groups in total. The number of carboxylic acids is 1. The topological polar surface area (TPSA) is 65.5 Å². The first-order valence-corrected chi connectivity index (χ1v) is 7.04. The van der Waals surface area contributed by atoms with Crippen LogP contribution in [0, 0.1) is 0 Å². The van der Waals surface area contributed by atoms with Crippen LogP contribution >= 0.6 is 0 Å². The molecule has 1 rings (SSSR count). The van der Waals surface area contributed by atoms with Gasteiger partial charge in [-0.15, -0.1) is 0 Å². The summed E-state index contributed by atoms with van der Waals surface area (Å²) in [5.74, 6) is -0.804. The molecule has 0 fully saturated rings. The number of aromatic nitrogens is 1. The number of pyridine rings is 1. The molecule has 1 heterocycles. The lowest BCUT2D eigenvalue weighted by atomic mass is 10.0. The van der Waals surface area contributed by atoms with Crippen molar-refractivity contribution in [3.63, 3.8) is 0 Å². The summed E-state index contributed by atoms with van der Waals surface area (Å²) in [6, 6.07) is 3.97. The zero-order valence-electron chi connectivity index (χ0n) is 12.6. The van der Waals surface area contributed by atoms with Crippen molar-refractivity contribution in [2.45, 2.75) is 32.2 Å². The molecular weight excluding hydrogens is 254 g/mol. The maximum atomic E-state index is 11.4. The van der Waals surface area contributed by atoms with Crippen molar-refractivity contribution in [1.29, 1.82) is 0 Å². The average Bonchev–Trinajstić information content (AvgIpc) is 2.44. The number of rotatable bonds is 9. The van der Waals surface area contributed by atoms with Crippen molar-refractivity contribution in [2.75, 3.05) is 26.7 Å². The molecule has 1 aromatic rings. The number of likely N-dealkylation sites (N-methyl/N-ethyl adjacent to an activating group) is 1. The highest BCUT2D eigenvalue weighted by Gasteiger charge is 2.33. The summed E-state index contributed by atoms with van der Waals surface area (Å²) in [6.45, 7) is 5.78. The molecule has 0 aliphatic carbocycles. The Bertz CT molecular complexity index is 411. The molecule has 20 heavy (non-hydrogen) atoms. The lowest BCUT2D eigenvalue weighted by Crippen LogP contribution is -2.56. The van der Waals surface area contributed by atoms with E-state index in [-0.39, 0.29) is 0 Å². The van der Waals surface area contributed by atoms with Gasteiger partial charge in [-0.25, -0.2) is 0 Å². The normalized spacial score (nSPS) is 14.2. The summed E-state index contributed by atoms with van der Waals surface area (Å²) >= 11 is 0. The fourth-order valence-electron chi connectivity index (χ4n) is 2.09. The van der Waals surface area contributed by atoms with Gasteiger partial charge >= 0.3 is 5.97 Å². The Balaban J connectivity index is 2.49. The third-order valence-corrected chi connectivity index (χ3v) is 3.35. The molecule has 0 bridgehead atoms. The van der Waals surface area contributed by atoms with E-state index in [0.29, 0.717) is 13.1 Å². The number of nitrogens with one attached hydrogen (secondary N) is 1. The van der Waals surface area contributed by atoms with Crippen molar-refractivity contribution < 1.29 is 9.90 Å². The highest BCUT2D eigenvalue weighted by atomic mass is 16.4. The van der Waals surface area contributed by atoms with Crippen LogP contribution in [-0.4, -0.2) is 53.2 Å². The minimum Gasteiger partial charge on any atom is -0.480 e. The quantitative estimate of drug-likeness (QED) is 0.715. The Morgan fingerprint density at radius 3 is 2.65 bits per heavy atom. The van der Waals surface area contributed by atoms with Crippen molar-refractivity contribution in [1.82, 2.24) is 15.2 Å². The van der Waals surface area contributed by atoms with E-state index in [1.54, 1.807) is 19.3 Å². The predicted octanol–water partition coefficient (Wildman–Crippen LogP) is 1.40. The van der Waals surface area contributed by atoms with Crippen LogP contribution in [0.3, 0.4) is 0 Å². The van der Waals surface area contributed by atoms with Gasteiger partial charge < -0.3 is 15.3 Å². The van der Waals surface area contributed by atoms with Crippen LogP contribution in [0.5, 0.6) is 0 Å². The second kappa shape index (κ2) is 7.97. The summed E-state index contributed by atoms with van der Waals surface area (Å²) in [6.07, 6.45) is 5.37. The average molecular weight is 279 g/mol. The van der Waals surface area contributed by atoms with Crippen LogP contribution in [0.4, 0.5) is 0 Å². The first-order chi connectivity index (χ1) is 9.48. The fourth-order valence-corrected chi connectivity index (χ4v) is 2.09. The Morgan fingerprint density at radius 2 is 2.10 bits per heavy atom. The van der Waals surface area contributed by atoms with E-state index in [1.807, 2.05) is 26.1 Å². The molecule has 0 amide bonds. The molecule has 5 nitrogen and oxygen atoms in total. The smallest absolute Gasteiger partial charge is 0.324 e. The molecule has 0 aromatic carbocycles. The largest absolute Gasteiger partial charge is 0.480 e. The molecule has 0 saturated heterocycles. The summed E-state index contributed by atoms with van der Waals surface area (Å²) in [5, 5.41) is 12.5.